The number of amides is 1. The number of aliphatic hydroxyl groups excluding tert-OH is 1. The predicted molar refractivity (Wildman–Crippen MR) is 85.0 cm³/mol. The molecule has 1 heterocycles. The molecular weight excluding hydrogens is 315 g/mol. The number of rotatable bonds is 5. The summed E-state index contributed by atoms with van der Waals surface area (Å²) in [6.07, 6.45) is 3.45. The molecule has 126 valence electrons. The lowest BCUT2D eigenvalue weighted by atomic mass is 9.93. The van der Waals surface area contributed by atoms with Crippen molar-refractivity contribution in [2.24, 2.45) is 0 Å². The van der Waals surface area contributed by atoms with E-state index in [4.69, 9.17) is 9.84 Å². The third-order valence-corrected chi connectivity index (χ3v) is 3.85. The Bertz CT molecular complexity index is 785. The van der Waals surface area contributed by atoms with Gasteiger partial charge in [-0.05, 0) is 25.0 Å². The number of carbonyl (C=O) groups excluding carboxylic acids is 2. The second kappa shape index (κ2) is 6.84. The van der Waals surface area contributed by atoms with Crippen molar-refractivity contribution in [2.75, 3.05) is 18.5 Å². The number of aromatic nitrogens is 1. The van der Waals surface area contributed by atoms with Crippen LogP contribution >= 0.6 is 0 Å². The van der Waals surface area contributed by atoms with E-state index in [1.807, 2.05) is 0 Å². The van der Waals surface area contributed by atoms with Crippen LogP contribution in [0.5, 0.6) is 5.75 Å². The zero-order valence-corrected chi connectivity index (χ0v) is 12.9. The normalized spacial score (nSPS) is 13.5. The van der Waals surface area contributed by atoms with E-state index in [0.717, 1.165) is 24.6 Å². The van der Waals surface area contributed by atoms with Gasteiger partial charge in [0.15, 0.2) is 17.3 Å². The van der Waals surface area contributed by atoms with Crippen molar-refractivity contribution in [1.82, 2.24) is 4.98 Å². The predicted octanol–water partition coefficient (Wildman–Crippen LogP) is 2.30. The van der Waals surface area contributed by atoms with Crippen molar-refractivity contribution in [3.63, 3.8) is 0 Å². The van der Waals surface area contributed by atoms with Crippen LogP contribution in [0, 0.1) is 5.82 Å². The summed E-state index contributed by atoms with van der Waals surface area (Å²) in [5, 5.41) is 11.3. The summed E-state index contributed by atoms with van der Waals surface area (Å²) in [6, 6.07) is 4.00. The number of hydrogen-bond acceptors (Lipinski definition) is 4. The van der Waals surface area contributed by atoms with Gasteiger partial charge in [-0.1, -0.05) is 0 Å². The van der Waals surface area contributed by atoms with Crippen molar-refractivity contribution in [2.45, 2.75) is 19.3 Å². The number of ether oxygens (including phenoxy) is 1. The highest BCUT2D eigenvalue weighted by atomic mass is 19.1. The number of carbonyl (C=O) groups is 2. The lowest BCUT2D eigenvalue weighted by molar-refractivity contribution is 0.0956. The third-order valence-electron chi connectivity index (χ3n) is 3.85. The van der Waals surface area contributed by atoms with Crippen LogP contribution in [-0.4, -0.2) is 35.0 Å². The van der Waals surface area contributed by atoms with Crippen LogP contribution in [0.2, 0.25) is 0 Å². The topological polar surface area (TPSA) is 91.4 Å². The zero-order valence-electron chi connectivity index (χ0n) is 12.9. The van der Waals surface area contributed by atoms with Gasteiger partial charge in [-0.2, -0.15) is 0 Å². The molecule has 0 aliphatic heterocycles. The lowest BCUT2D eigenvalue weighted by Gasteiger charge is -2.12. The summed E-state index contributed by atoms with van der Waals surface area (Å²) in [4.78, 5) is 27.4. The Hall–Kier alpha value is -2.67. The quantitative estimate of drug-likeness (QED) is 0.783. The first kappa shape index (κ1) is 16.2. The van der Waals surface area contributed by atoms with E-state index in [1.165, 1.54) is 18.3 Å². The number of ketones is 1. The molecule has 6 nitrogen and oxygen atoms in total. The van der Waals surface area contributed by atoms with Gasteiger partial charge in [0.05, 0.1) is 17.7 Å². The van der Waals surface area contributed by atoms with Crippen LogP contribution in [0.3, 0.4) is 0 Å². The second-order valence-electron chi connectivity index (χ2n) is 5.50. The van der Waals surface area contributed by atoms with Gasteiger partial charge in [-0.15, -0.1) is 0 Å². The SMILES string of the molecule is O=C(Nc1ccc(OCCO)c(F)c1)c1c[nH]c2c1C(=O)CCC2. The fourth-order valence-electron chi connectivity index (χ4n) is 2.76. The average Bonchev–Trinajstić information content (AvgIpc) is 3.00. The third kappa shape index (κ3) is 3.16. The van der Waals surface area contributed by atoms with Crippen molar-refractivity contribution < 1.29 is 23.8 Å². The maximum Gasteiger partial charge on any atom is 0.257 e. The van der Waals surface area contributed by atoms with Gasteiger partial charge in [0.2, 0.25) is 0 Å². The molecule has 7 heteroatoms. The molecule has 0 saturated carbocycles. The first-order valence-corrected chi connectivity index (χ1v) is 7.68. The van der Waals surface area contributed by atoms with Crippen LogP contribution in [0.15, 0.2) is 24.4 Å². The summed E-state index contributed by atoms with van der Waals surface area (Å²) in [7, 11) is 0. The molecule has 1 aliphatic rings. The first-order chi connectivity index (χ1) is 11.6. The average molecular weight is 332 g/mol. The Morgan fingerprint density at radius 1 is 1.38 bits per heavy atom. The smallest absolute Gasteiger partial charge is 0.257 e. The van der Waals surface area contributed by atoms with E-state index in [9.17, 15) is 14.0 Å². The van der Waals surface area contributed by atoms with Gasteiger partial charge >= 0.3 is 0 Å². The van der Waals surface area contributed by atoms with E-state index >= 15 is 0 Å². The van der Waals surface area contributed by atoms with Gasteiger partial charge in [0.25, 0.3) is 5.91 Å². The fourth-order valence-corrected chi connectivity index (χ4v) is 2.76. The first-order valence-electron chi connectivity index (χ1n) is 7.68. The lowest BCUT2D eigenvalue weighted by Crippen LogP contribution is -2.18. The molecule has 24 heavy (non-hydrogen) atoms. The summed E-state index contributed by atoms with van der Waals surface area (Å²) in [5.74, 6) is -1.17. The van der Waals surface area contributed by atoms with Crippen molar-refractivity contribution >= 4 is 17.4 Å². The number of Topliss-reactive ketones (excluding diaryl/α,β-unsaturated/α-hetero) is 1. The van der Waals surface area contributed by atoms with Crippen LogP contribution in [-0.2, 0) is 6.42 Å². The number of nitrogens with one attached hydrogen (secondary N) is 2. The molecule has 1 aromatic carbocycles. The van der Waals surface area contributed by atoms with Gasteiger partial charge in [0.1, 0.15) is 6.61 Å². The van der Waals surface area contributed by atoms with E-state index in [2.05, 4.69) is 10.3 Å². The molecular formula is C17H17FN2O4. The number of aliphatic hydroxyl groups is 1. The van der Waals surface area contributed by atoms with Crippen LogP contribution < -0.4 is 10.1 Å². The van der Waals surface area contributed by atoms with Crippen molar-refractivity contribution in [1.29, 1.82) is 0 Å². The molecule has 0 saturated heterocycles. The number of hydrogen-bond donors (Lipinski definition) is 3. The van der Waals surface area contributed by atoms with Crippen molar-refractivity contribution in [3.05, 3.63) is 47.0 Å². The Balaban J connectivity index is 1.77. The molecule has 1 aromatic heterocycles. The molecule has 0 atom stereocenters. The number of fused-ring (bicyclic) bond motifs is 1. The Labute approximate surface area is 137 Å². The molecule has 3 rings (SSSR count). The zero-order chi connectivity index (χ0) is 17.1. The minimum absolute atomic E-state index is 0.00347. The van der Waals surface area contributed by atoms with Crippen molar-refractivity contribution in [3.8, 4) is 5.75 Å². The summed E-state index contributed by atoms with van der Waals surface area (Å²) < 4.78 is 18.9. The Kier molecular flexibility index (Phi) is 4.61. The monoisotopic (exact) mass is 332 g/mol. The Morgan fingerprint density at radius 3 is 2.96 bits per heavy atom. The van der Waals surface area contributed by atoms with Crippen LogP contribution in [0.25, 0.3) is 0 Å². The van der Waals surface area contributed by atoms with Crippen LogP contribution in [0.1, 0.15) is 39.3 Å². The van der Waals surface area contributed by atoms with Gasteiger partial charge < -0.3 is 20.1 Å². The van der Waals surface area contributed by atoms with E-state index in [0.29, 0.717) is 12.0 Å². The molecule has 1 amide bonds. The molecule has 0 spiro atoms. The molecule has 1 aliphatic carbocycles. The van der Waals surface area contributed by atoms with E-state index < -0.39 is 11.7 Å². The Morgan fingerprint density at radius 2 is 2.21 bits per heavy atom. The van der Waals surface area contributed by atoms with Gasteiger partial charge in [-0.3, -0.25) is 9.59 Å². The number of benzene rings is 1. The standard InChI is InChI=1S/C17H17FN2O4/c18-12-8-10(4-5-15(12)24-7-6-21)20-17(23)11-9-19-13-2-1-3-14(22)16(11)13/h4-5,8-9,19,21H,1-3,6-7H2,(H,20,23). The fraction of sp³-hybridized carbons (Fsp3) is 0.294. The summed E-state index contributed by atoms with van der Waals surface area (Å²) >= 11 is 0. The number of H-pyrrole nitrogens is 1. The van der Waals surface area contributed by atoms with Gasteiger partial charge in [0, 0.05) is 30.1 Å². The highest BCUT2D eigenvalue weighted by molar-refractivity contribution is 6.13. The second-order valence-corrected chi connectivity index (χ2v) is 5.50. The number of aryl methyl sites for hydroxylation is 1. The summed E-state index contributed by atoms with van der Waals surface area (Å²) in [6.45, 7) is -0.231. The molecule has 0 bridgehead atoms. The summed E-state index contributed by atoms with van der Waals surface area (Å²) in [5.41, 5.74) is 1.74. The van der Waals surface area contributed by atoms with E-state index in [-0.39, 0.29) is 36.0 Å². The van der Waals surface area contributed by atoms with Gasteiger partial charge in [-0.25, -0.2) is 4.39 Å². The molecule has 0 radical (unpaired) electrons. The number of halogens is 1. The molecule has 3 N–H and O–H groups in total. The maximum atomic E-state index is 13.9. The van der Waals surface area contributed by atoms with E-state index in [1.54, 1.807) is 0 Å². The molecule has 2 aromatic rings. The minimum atomic E-state index is -0.645. The van der Waals surface area contributed by atoms with Crippen LogP contribution in [0.4, 0.5) is 10.1 Å². The molecule has 0 unspecified atom stereocenters. The highest BCUT2D eigenvalue weighted by Crippen LogP contribution is 2.26. The maximum absolute atomic E-state index is 13.9. The molecule has 0 fully saturated rings. The highest BCUT2D eigenvalue weighted by Gasteiger charge is 2.25. The minimum Gasteiger partial charge on any atom is -0.488 e. The number of anilines is 1. The number of aromatic amines is 1. The largest absolute Gasteiger partial charge is 0.488 e.